The number of likely N-dealkylation sites (N-methyl/N-ethyl adjacent to an activating group) is 1. The lowest BCUT2D eigenvalue weighted by molar-refractivity contribution is 0.531. The Bertz CT molecular complexity index is 536. The van der Waals surface area contributed by atoms with Crippen molar-refractivity contribution in [2.45, 2.75) is 19.4 Å². The fourth-order valence-corrected chi connectivity index (χ4v) is 3.55. The van der Waals surface area contributed by atoms with Crippen molar-refractivity contribution in [2.24, 2.45) is 0 Å². The third-order valence-corrected chi connectivity index (χ3v) is 4.77. The normalized spacial score (nSPS) is 12.6. The molecule has 1 heterocycles. The number of nitrogens with one attached hydrogen (secondary N) is 1. The van der Waals surface area contributed by atoms with Gasteiger partial charge in [-0.05, 0) is 51.6 Å². The summed E-state index contributed by atoms with van der Waals surface area (Å²) in [5.74, 6) is -1.08. The molecule has 1 unspecified atom stereocenters. The third kappa shape index (κ3) is 3.84. The predicted octanol–water partition coefficient (Wildman–Crippen LogP) is 4.68. The van der Waals surface area contributed by atoms with E-state index in [9.17, 15) is 8.78 Å². The van der Waals surface area contributed by atoms with Gasteiger partial charge in [0.2, 0.25) is 0 Å². The molecule has 2 rings (SSSR count). The topological polar surface area (TPSA) is 12.0 Å². The summed E-state index contributed by atoms with van der Waals surface area (Å²) in [5.41, 5.74) is 0.639. The molecular weight excluding hydrogens is 332 g/mol. The average molecular weight is 346 g/mol. The molecule has 1 aromatic heterocycles. The van der Waals surface area contributed by atoms with E-state index in [0.717, 1.165) is 22.0 Å². The van der Waals surface area contributed by atoms with Crippen molar-refractivity contribution in [1.29, 1.82) is 0 Å². The van der Waals surface area contributed by atoms with Crippen LogP contribution in [0.25, 0.3) is 0 Å². The Hall–Kier alpha value is -0.780. The lowest BCUT2D eigenvalue weighted by Gasteiger charge is -2.18. The second kappa shape index (κ2) is 6.59. The summed E-state index contributed by atoms with van der Waals surface area (Å²) in [7, 11) is 0. The standard InChI is InChI=1S/C14H14BrF2NS/c1-2-18-13(8-14-12(15)3-4-19-14)9-5-10(16)7-11(17)6-9/h3-7,13,18H,2,8H2,1H3. The number of benzene rings is 1. The molecule has 0 aliphatic heterocycles. The molecule has 0 saturated carbocycles. The van der Waals surface area contributed by atoms with Gasteiger partial charge in [0.05, 0.1) is 0 Å². The van der Waals surface area contributed by atoms with E-state index in [1.54, 1.807) is 11.3 Å². The molecule has 102 valence electrons. The van der Waals surface area contributed by atoms with Gasteiger partial charge in [-0.3, -0.25) is 0 Å². The summed E-state index contributed by atoms with van der Waals surface area (Å²) in [6, 6.07) is 5.56. The first kappa shape index (κ1) is 14.6. The fraction of sp³-hybridized carbons (Fsp3) is 0.286. The van der Waals surface area contributed by atoms with E-state index >= 15 is 0 Å². The van der Waals surface area contributed by atoms with Gasteiger partial charge in [0.15, 0.2) is 0 Å². The Morgan fingerprint density at radius 1 is 1.26 bits per heavy atom. The van der Waals surface area contributed by atoms with E-state index in [1.807, 2.05) is 18.4 Å². The molecule has 19 heavy (non-hydrogen) atoms. The van der Waals surface area contributed by atoms with Gasteiger partial charge in [-0.1, -0.05) is 6.92 Å². The summed E-state index contributed by atoms with van der Waals surface area (Å²) in [6.45, 7) is 2.72. The average Bonchev–Trinajstić information content (AvgIpc) is 2.73. The van der Waals surface area contributed by atoms with Crippen LogP contribution in [0.15, 0.2) is 34.1 Å². The van der Waals surface area contributed by atoms with Crippen LogP contribution in [-0.4, -0.2) is 6.54 Å². The van der Waals surface area contributed by atoms with Gasteiger partial charge in [0, 0.05) is 27.9 Å². The Kier molecular flexibility index (Phi) is 5.07. The van der Waals surface area contributed by atoms with Crippen LogP contribution in [0.5, 0.6) is 0 Å². The molecule has 0 saturated heterocycles. The molecule has 0 bridgehead atoms. The summed E-state index contributed by atoms with van der Waals surface area (Å²) < 4.78 is 27.7. The predicted molar refractivity (Wildman–Crippen MR) is 78.5 cm³/mol. The Morgan fingerprint density at radius 3 is 2.47 bits per heavy atom. The van der Waals surface area contributed by atoms with Crippen molar-refractivity contribution in [3.63, 3.8) is 0 Å². The Labute approximate surface area is 123 Å². The second-order valence-corrected chi connectivity index (χ2v) is 6.06. The third-order valence-electron chi connectivity index (χ3n) is 2.82. The molecule has 5 heteroatoms. The smallest absolute Gasteiger partial charge is 0.126 e. The minimum atomic E-state index is -0.539. The summed E-state index contributed by atoms with van der Waals surface area (Å²) >= 11 is 5.11. The summed E-state index contributed by atoms with van der Waals surface area (Å²) in [4.78, 5) is 1.16. The molecule has 0 radical (unpaired) electrons. The second-order valence-electron chi connectivity index (χ2n) is 4.21. The Balaban J connectivity index is 2.26. The largest absolute Gasteiger partial charge is 0.310 e. The monoisotopic (exact) mass is 345 g/mol. The summed E-state index contributed by atoms with van der Waals surface area (Å²) in [5, 5.41) is 5.27. The fourth-order valence-electron chi connectivity index (χ4n) is 1.99. The molecule has 0 amide bonds. The maximum absolute atomic E-state index is 13.3. The SMILES string of the molecule is CCNC(Cc1sccc1Br)c1cc(F)cc(F)c1. The first-order valence-corrected chi connectivity index (χ1v) is 7.68. The van der Waals surface area contributed by atoms with Crippen LogP contribution in [0.3, 0.4) is 0 Å². The molecule has 2 aromatic rings. The highest BCUT2D eigenvalue weighted by Gasteiger charge is 2.15. The van der Waals surface area contributed by atoms with Gasteiger partial charge < -0.3 is 5.32 Å². The maximum atomic E-state index is 13.3. The lowest BCUT2D eigenvalue weighted by atomic mass is 10.0. The minimum Gasteiger partial charge on any atom is -0.310 e. The Morgan fingerprint density at radius 2 is 1.95 bits per heavy atom. The van der Waals surface area contributed by atoms with E-state index < -0.39 is 11.6 Å². The molecule has 0 fully saturated rings. The van der Waals surface area contributed by atoms with Crippen LogP contribution in [0, 0.1) is 11.6 Å². The van der Waals surface area contributed by atoms with Crippen LogP contribution < -0.4 is 5.32 Å². The zero-order valence-electron chi connectivity index (χ0n) is 10.4. The molecule has 0 spiro atoms. The van der Waals surface area contributed by atoms with Gasteiger partial charge in [-0.15, -0.1) is 11.3 Å². The first-order valence-electron chi connectivity index (χ1n) is 6.01. The van der Waals surface area contributed by atoms with Crippen molar-refractivity contribution in [1.82, 2.24) is 5.32 Å². The van der Waals surface area contributed by atoms with Crippen molar-refractivity contribution in [2.75, 3.05) is 6.54 Å². The van der Waals surface area contributed by atoms with Gasteiger partial charge in [0.25, 0.3) is 0 Å². The molecular formula is C14H14BrF2NS. The van der Waals surface area contributed by atoms with E-state index in [2.05, 4.69) is 21.2 Å². The lowest BCUT2D eigenvalue weighted by Crippen LogP contribution is -2.23. The summed E-state index contributed by atoms with van der Waals surface area (Å²) in [6.07, 6.45) is 0.703. The molecule has 1 aromatic carbocycles. The zero-order chi connectivity index (χ0) is 13.8. The van der Waals surface area contributed by atoms with E-state index in [4.69, 9.17) is 0 Å². The van der Waals surface area contributed by atoms with Crippen molar-refractivity contribution < 1.29 is 8.78 Å². The molecule has 1 nitrogen and oxygen atoms in total. The molecule has 1 atom stereocenters. The zero-order valence-corrected chi connectivity index (χ0v) is 12.8. The quantitative estimate of drug-likeness (QED) is 0.829. The number of thiophene rings is 1. The number of halogens is 3. The highest BCUT2D eigenvalue weighted by Crippen LogP contribution is 2.28. The van der Waals surface area contributed by atoms with E-state index in [0.29, 0.717) is 12.0 Å². The minimum absolute atomic E-state index is 0.0925. The maximum Gasteiger partial charge on any atom is 0.126 e. The van der Waals surface area contributed by atoms with Crippen LogP contribution in [0.1, 0.15) is 23.4 Å². The highest BCUT2D eigenvalue weighted by molar-refractivity contribution is 9.10. The highest BCUT2D eigenvalue weighted by atomic mass is 79.9. The molecule has 1 N–H and O–H groups in total. The molecule has 0 aliphatic carbocycles. The van der Waals surface area contributed by atoms with Crippen LogP contribution in [0.2, 0.25) is 0 Å². The van der Waals surface area contributed by atoms with Gasteiger partial charge in [0.1, 0.15) is 11.6 Å². The van der Waals surface area contributed by atoms with E-state index in [-0.39, 0.29) is 6.04 Å². The van der Waals surface area contributed by atoms with Gasteiger partial charge in [-0.25, -0.2) is 8.78 Å². The van der Waals surface area contributed by atoms with Crippen LogP contribution in [-0.2, 0) is 6.42 Å². The van der Waals surface area contributed by atoms with Crippen molar-refractivity contribution >= 4 is 27.3 Å². The van der Waals surface area contributed by atoms with Gasteiger partial charge in [-0.2, -0.15) is 0 Å². The number of rotatable bonds is 5. The van der Waals surface area contributed by atoms with Gasteiger partial charge >= 0.3 is 0 Å². The van der Waals surface area contributed by atoms with Crippen molar-refractivity contribution in [3.05, 3.63) is 56.2 Å². The van der Waals surface area contributed by atoms with Crippen LogP contribution >= 0.6 is 27.3 Å². The number of hydrogen-bond donors (Lipinski definition) is 1. The van der Waals surface area contributed by atoms with E-state index in [1.165, 1.54) is 12.1 Å². The number of hydrogen-bond acceptors (Lipinski definition) is 2. The van der Waals surface area contributed by atoms with Crippen molar-refractivity contribution in [3.8, 4) is 0 Å². The first-order chi connectivity index (χ1) is 9.10. The molecule has 0 aliphatic rings. The van der Waals surface area contributed by atoms with Crippen LogP contribution in [0.4, 0.5) is 8.78 Å².